The quantitative estimate of drug-likeness (QED) is 0.522. The highest BCUT2D eigenvalue weighted by molar-refractivity contribution is 9.10. The number of fused-ring (bicyclic) bond motifs is 1. The number of aromatic nitrogens is 6. The van der Waals surface area contributed by atoms with Gasteiger partial charge in [-0.15, -0.1) is 10.2 Å². The second-order valence-corrected chi connectivity index (χ2v) is 7.02. The van der Waals surface area contributed by atoms with Gasteiger partial charge in [-0.2, -0.15) is 14.7 Å². The number of halogens is 1. The van der Waals surface area contributed by atoms with Gasteiger partial charge in [-0.05, 0) is 33.6 Å². The van der Waals surface area contributed by atoms with Crippen LogP contribution in [-0.2, 0) is 13.5 Å². The van der Waals surface area contributed by atoms with Crippen LogP contribution in [0.15, 0.2) is 34.9 Å². The molecule has 0 aliphatic rings. The molecule has 9 heteroatoms. The minimum Gasteiger partial charge on any atom is -0.497 e. The van der Waals surface area contributed by atoms with Gasteiger partial charge >= 0.3 is 0 Å². The van der Waals surface area contributed by atoms with Gasteiger partial charge < -0.3 is 4.74 Å². The van der Waals surface area contributed by atoms with Crippen LogP contribution in [0.4, 0.5) is 0 Å². The van der Waals surface area contributed by atoms with E-state index in [1.807, 2.05) is 31.3 Å². The van der Waals surface area contributed by atoms with Gasteiger partial charge in [0.15, 0.2) is 10.8 Å². The maximum atomic E-state index is 5.19. The smallest absolute Gasteiger partial charge is 0.235 e. The van der Waals surface area contributed by atoms with Crippen molar-refractivity contribution in [3.63, 3.8) is 0 Å². The highest BCUT2D eigenvalue weighted by Gasteiger charge is 2.17. The van der Waals surface area contributed by atoms with Crippen molar-refractivity contribution in [1.82, 2.24) is 29.6 Å². The van der Waals surface area contributed by atoms with Crippen molar-refractivity contribution in [2.75, 3.05) is 7.11 Å². The molecule has 3 aromatic heterocycles. The third-order valence-electron chi connectivity index (χ3n) is 3.67. The molecular weight excluding hydrogens is 392 g/mol. The lowest BCUT2D eigenvalue weighted by Gasteiger charge is -2.01. The molecule has 0 unspecified atom stereocenters. The van der Waals surface area contributed by atoms with Crippen LogP contribution >= 0.6 is 27.3 Å². The van der Waals surface area contributed by atoms with Crippen LogP contribution in [0.1, 0.15) is 11.4 Å². The standard InChI is InChI=1S/C15H13BrN6OS/c1-21-13(11(16)8-17-21)14-20-22-12(18-19-15(22)24-14)7-9-3-5-10(23-2)6-4-9/h3-6,8H,7H2,1-2H3. The van der Waals surface area contributed by atoms with E-state index in [0.717, 1.165) is 37.3 Å². The Labute approximate surface area is 150 Å². The summed E-state index contributed by atoms with van der Waals surface area (Å²) in [5, 5.41) is 18.2. The fourth-order valence-corrected chi connectivity index (χ4v) is 4.06. The molecule has 0 atom stereocenters. The lowest BCUT2D eigenvalue weighted by molar-refractivity contribution is 0.414. The molecule has 0 aliphatic heterocycles. The second-order valence-electron chi connectivity index (χ2n) is 5.21. The first-order valence-corrected chi connectivity index (χ1v) is 8.78. The average molecular weight is 405 g/mol. The Balaban J connectivity index is 1.69. The van der Waals surface area contributed by atoms with Crippen molar-refractivity contribution in [2.24, 2.45) is 7.05 Å². The summed E-state index contributed by atoms with van der Waals surface area (Å²) in [7, 11) is 3.55. The molecule has 0 amide bonds. The van der Waals surface area contributed by atoms with Gasteiger partial charge in [0.25, 0.3) is 0 Å². The third-order valence-corrected chi connectivity index (χ3v) is 5.16. The molecule has 3 heterocycles. The van der Waals surface area contributed by atoms with Crippen LogP contribution in [-0.4, -0.2) is 36.7 Å². The first kappa shape index (κ1) is 15.3. The van der Waals surface area contributed by atoms with Crippen molar-refractivity contribution in [3.05, 3.63) is 46.3 Å². The molecule has 0 fully saturated rings. The largest absolute Gasteiger partial charge is 0.497 e. The average Bonchev–Trinajstić information content (AvgIpc) is 3.24. The molecule has 0 radical (unpaired) electrons. The lowest BCUT2D eigenvalue weighted by atomic mass is 10.1. The third kappa shape index (κ3) is 2.59. The van der Waals surface area contributed by atoms with E-state index in [9.17, 15) is 0 Å². The number of nitrogens with zero attached hydrogens (tertiary/aromatic N) is 6. The fraction of sp³-hybridized carbons (Fsp3) is 0.200. The normalized spacial score (nSPS) is 11.3. The van der Waals surface area contributed by atoms with Gasteiger partial charge in [0.1, 0.15) is 11.4 Å². The van der Waals surface area contributed by atoms with Crippen molar-refractivity contribution in [2.45, 2.75) is 6.42 Å². The Kier molecular flexibility index (Phi) is 3.81. The highest BCUT2D eigenvalue weighted by atomic mass is 79.9. The summed E-state index contributed by atoms with van der Waals surface area (Å²) in [6.45, 7) is 0. The number of rotatable bonds is 4. The topological polar surface area (TPSA) is 70.1 Å². The molecular formula is C15H13BrN6OS. The van der Waals surface area contributed by atoms with E-state index < -0.39 is 0 Å². The van der Waals surface area contributed by atoms with E-state index in [0.29, 0.717) is 6.42 Å². The van der Waals surface area contributed by atoms with Crippen LogP contribution in [0.3, 0.4) is 0 Å². The Hall–Kier alpha value is -2.26. The number of hydrogen-bond acceptors (Lipinski definition) is 6. The molecule has 0 aliphatic carbocycles. The summed E-state index contributed by atoms with van der Waals surface area (Å²) in [5.41, 5.74) is 2.06. The highest BCUT2D eigenvalue weighted by Crippen LogP contribution is 2.31. The molecule has 4 aromatic rings. The number of hydrogen-bond donors (Lipinski definition) is 0. The van der Waals surface area contributed by atoms with E-state index in [4.69, 9.17) is 4.74 Å². The Morgan fingerprint density at radius 3 is 2.67 bits per heavy atom. The molecule has 7 nitrogen and oxygen atoms in total. The van der Waals surface area contributed by atoms with Crippen LogP contribution in [0, 0.1) is 0 Å². The molecule has 0 saturated carbocycles. The Bertz CT molecular complexity index is 984. The van der Waals surface area contributed by atoms with Crippen molar-refractivity contribution in [3.8, 4) is 16.5 Å². The zero-order valence-electron chi connectivity index (χ0n) is 13.0. The van der Waals surface area contributed by atoms with E-state index in [-0.39, 0.29) is 0 Å². The molecule has 122 valence electrons. The van der Waals surface area contributed by atoms with E-state index in [1.54, 1.807) is 22.5 Å². The van der Waals surface area contributed by atoms with Crippen molar-refractivity contribution < 1.29 is 4.74 Å². The Morgan fingerprint density at radius 1 is 1.21 bits per heavy atom. The van der Waals surface area contributed by atoms with E-state index in [1.165, 1.54) is 11.3 Å². The summed E-state index contributed by atoms with van der Waals surface area (Å²) >= 11 is 5.00. The molecule has 0 N–H and O–H groups in total. The summed E-state index contributed by atoms with van der Waals surface area (Å²) in [6.07, 6.45) is 2.41. The van der Waals surface area contributed by atoms with E-state index >= 15 is 0 Å². The van der Waals surface area contributed by atoms with Crippen molar-refractivity contribution >= 4 is 32.2 Å². The van der Waals surface area contributed by atoms with Gasteiger partial charge in [-0.25, -0.2) is 0 Å². The van der Waals surface area contributed by atoms with Crippen molar-refractivity contribution in [1.29, 1.82) is 0 Å². The Morgan fingerprint density at radius 2 is 2.00 bits per heavy atom. The number of ether oxygens (including phenoxy) is 1. The van der Waals surface area contributed by atoms with Gasteiger partial charge in [0.05, 0.1) is 17.8 Å². The lowest BCUT2D eigenvalue weighted by Crippen LogP contribution is -1.99. The van der Waals surface area contributed by atoms with Gasteiger partial charge in [-0.1, -0.05) is 23.5 Å². The summed E-state index contributed by atoms with van der Waals surface area (Å²) in [4.78, 5) is 0.765. The maximum Gasteiger partial charge on any atom is 0.235 e. The first-order chi connectivity index (χ1) is 11.7. The fourth-order valence-electron chi connectivity index (χ4n) is 2.44. The van der Waals surface area contributed by atoms with Crippen LogP contribution in [0.2, 0.25) is 0 Å². The molecule has 1 aromatic carbocycles. The van der Waals surface area contributed by atoms with Gasteiger partial charge in [0, 0.05) is 13.5 Å². The first-order valence-electron chi connectivity index (χ1n) is 7.17. The van der Waals surface area contributed by atoms with Crippen LogP contribution in [0.5, 0.6) is 5.75 Å². The molecule has 24 heavy (non-hydrogen) atoms. The predicted molar refractivity (Wildman–Crippen MR) is 94.4 cm³/mol. The number of methoxy groups -OCH3 is 1. The second kappa shape index (κ2) is 5.99. The number of aryl methyl sites for hydroxylation is 1. The minimum absolute atomic E-state index is 0.654. The minimum atomic E-state index is 0.654. The number of benzene rings is 1. The van der Waals surface area contributed by atoms with E-state index in [2.05, 4.69) is 36.3 Å². The SMILES string of the molecule is COc1ccc(Cc2nnc3sc(-c4c(Br)cnn4C)nn23)cc1. The molecule has 0 saturated heterocycles. The summed E-state index contributed by atoms with van der Waals surface area (Å²) < 4.78 is 9.68. The van der Waals surface area contributed by atoms with Crippen LogP contribution in [0.25, 0.3) is 15.7 Å². The molecule has 0 spiro atoms. The summed E-state index contributed by atoms with van der Waals surface area (Å²) in [5.74, 6) is 1.64. The predicted octanol–water partition coefficient (Wildman–Crippen LogP) is 2.95. The zero-order valence-corrected chi connectivity index (χ0v) is 15.4. The maximum absolute atomic E-state index is 5.19. The zero-order chi connectivity index (χ0) is 16.7. The summed E-state index contributed by atoms with van der Waals surface area (Å²) in [6, 6.07) is 7.91. The molecule has 0 bridgehead atoms. The monoisotopic (exact) mass is 404 g/mol. The van der Waals surface area contributed by atoms with Gasteiger partial charge in [0.2, 0.25) is 4.96 Å². The molecule has 4 rings (SSSR count). The van der Waals surface area contributed by atoms with Gasteiger partial charge in [-0.3, -0.25) is 4.68 Å². The van der Waals surface area contributed by atoms with Crippen LogP contribution < -0.4 is 4.74 Å².